The molecule has 0 aliphatic rings. The number of hydrogen-bond donors (Lipinski definition) is 1. The number of nitro groups is 1. The molecule has 104 valence electrons. The number of nitrogens with one attached hydrogen (secondary N) is 1. The minimum atomic E-state index is -0.571. The number of halogens is 2. The van der Waals surface area contributed by atoms with Gasteiger partial charge in [-0.2, -0.15) is 0 Å². The maximum Gasteiger partial charge on any atom is 0.271 e. The predicted octanol–water partition coefficient (Wildman–Crippen LogP) is 3.54. The van der Waals surface area contributed by atoms with E-state index >= 15 is 0 Å². The Morgan fingerprint density at radius 1 is 1.32 bits per heavy atom. The molecule has 0 spiro atoms. The summed E-state index contributed by atoms with van der Waals surface area (Å²) >= 11 is 9.08. The summed E-state index contributed by atoms with van der Waals surface area (Å²) in [5.74, 6) is -0.343. The highest BCUT2D eigenvalue weighted by Gasteiger charge is 2.13. The monoisotopic (exact) mass is 348 g/mol. The summed E-state index contributed by atoms with van der Waals surface area (Å²) in [6.07, 6.45) is 2.94. The molecule has 0 radical (unpaired) electrons. The van der Waals surface area contributed by atoms with Crippen molar-refractivity contribution in [3.8, 4) is 0 Å². The van der Waals surface area contributed by atoms with Crippen LogP contribution in [0.5, 0.6) is 0 Å². The van der Waals surface area contributed by atoms with Crippen molar-refractivity contribution in [1.29, 1.82) is 0 Å². The van der Waals surface area contributed by atoms with Gasteiger partial charge in [-0.1, -0.05) is 34.0 Å². The average molecular weight is 350 g/mol. The predicted molar refractivity (Wildman–Crippen MR) is 78.1 cm³/mol. The van der Waals surface area contributed by atoms with Gasteiger partial charge in [-0.15, -0.1) is 0 Å². The van der Waals surface area contributed by atoms with Crippen LogP contribution in [0.3, 0.4) is 0 Å². The van der Waals surface area contributed by atoms with Crippen LogP contribution in [0.25, 0.3) is 0 Å². The third kappa shape index (κ3) is 5.57. The summed E-state index contributed by atoms with van der Waals surface area (Å²) in [7, 11) is 0. The number of rotatable bonds is 7. The van der Waals surface area contributed by atoms with Crippen molar-refractivity contribution in [2.24, 2.45) is 0 Å². The van der Waals surface area contributed by atoms with Crippen LogP contribution in [0.4, 0.5) is 5.69 Å². The van der Waals surface area contributed by atoms with Crippen LogP contribution in [0.2, 0.25) is 5.02 Å². The van der Waals surface area contributed by atoms with E-state index in [-0.39, 0.29) is 22.2 Å². The molecular weight excluding hydrogens is 336 g/mol. The molecule has 0 aliphatic carbocycles. The van der Waals surface area contributed by atoms with Crippen molar-refractivity contribution >= 4 is 39.1 Å². The van der Waals surface area contributed by atoms with Crippen LogP contribution in [0.15, 0.2) is 18.2 Å². The maximum atomic E-state index is 11.8. The van der Waals surface area contributed by atoms with Gasteiger partial charge in [-0.05, 0) is 18.9 Å². The number of amides is 1. The molecule has 0 aliphatic heterocycles. The zero-order valence-electron chi connectivity index (χ0n) is 10.2. The van der Waals surface area contributed by atoms with Gasteiger partial charge in [0.2, 0.25) is 0 Å². The molecule has 0 bridgehead atoms. The molecular formula is C12H14BrClN2O3. The first kappa shape index (κ1) is 15.9. The van der Waals surface area contributed by atoms with Crippen molar-refractivity contribution in [1.82, 2.24) is 5.32 Å². The van der Waals surface area contributed by atoms with Crippen LogP contribution in [-0.2, 0) is 0 Å². The lowest BCUT2D eigenvalue weighted by atomic mass is 10.2. The standard InChI is InChI=1S/C12H14BrClN2O3/c13-4-2-1-3-5-15-12(17)9-6-10(14)8-11(7-9)16(18)19/h6-8H,1-5H2,(H,15,17). The van der Waals surface area contributed by atoms with Crippen molar-refractivity contribution in [3.05, 3.63) is 38.9 Å². The average Bonchev–Trinajstić information content (AvgIpc) is 2.37. The molecule has 0 saturated heterocycles. The molecule has 7 heteroatoms. The maximum absolute atomic E-state index is 11.8. The Hall–Kier alpha value is -1.14. The van der Waals surface area contributed by atoms with E-state index in [1.54, 1.807) is 0 Å². The molecule has 0 fully saturated rings. The summed E-state index contributed by atoms with van der Waals surface area (Å²) in [4.78, 5) is 21.9. The van der Waals surface area contributed by atoms with E-state index in [4.69, 9.17) is 11.6 Å². The largest absolute Gasteiger partial charge is 0.352 e. The number of alkyl halides is 1. The van der Waals surface area contributed by atoms with Crippen LogP contribution in [0, 0.1) is 10.1 Å². The Bertz CT molecular complexity index is 468. The number of benzene rings is 1. The van der Waals surface area contributed by atoms with Crippen LogP contribution in [-0.4, -0.2) is 22.7 Å². The molecule has 1 aromatic rings. The lowest BCUT2D eigenvalue weighted by Crippen LogP contribution is -2.24. The summed E-state index contributed by atoms with van der Waals surface area (Å²) in [5.41, 5.74) is 0.0247. The Balaban J connectivity index is 2.59. The first-order valence-corrected chi connectivity index (χ1v) is 7.33. The Labute approximate surface area is 124 Å². The SMILES string of the molecule is O=C(NCCCCCBr)c1cc(Cl)cc([N+](=O)[O-])c1. The van der Waals surface area contributed by atoms with Gasteiger partial charge in [-0.3, -0.25) is 14.9 Å². The fraction of sp³-hybridized carbons (Fsp3) is 0.417. The normalized spacial score (nSPS) is 10.2. The van der Waals surface area contributed by atoms with Gasteiger partial charge in [0, 0.05) is 34.6 Å². The topological polar surface area (TPSA) is 72.2 Å². The highest BCUT2D eigenvalue weighted by Crippen LogP contribution is 2.20. The molecule has 0 atom stereocenters. The summed E-state index contributed by atoms with van der Waals surface area (Å²) in [6, 6.07) is 3.86. The molecule has 1 N–H and O–H groups in total. The fourth-order valence-corrected chi connectivity index (χ4v) is 2.14. The molecule has 0 saturated carbocycles. The highest BCUT2D eigenvalue weighted by atomic mass is 79.9. The van der Waals surface area contributed by atoms with E-state index in [9.17, 15) is 14.9 Å². The number of carbonyl (C=O) groups is 1. The Kier molecular flexibility index (Phi) is 6.80. The first-order valence-electron chi connectivity index (χ1n) is 5.83. The van der Waals surface area contributed by atoms with Crippen LogP contribution < -0.4 is 5.32 Å². The van der Waals surface area contributed by atoms with E-state index in [0.29, 0.717) is 6.54 Å². The smallest absolute Gasteiger partial charge is 0.271 e. The number of unbranched alkanes of at least 4 members (excludes halogenated alkanes) is 2. The van der Waals surface area contributed by atoms with Gasteiger partial charge in [-0.25, -0.2) is 0 Å². The number of hydrogen-bond acceptors (Lipinski definition) is 3. The van der Waals surface area contributed by atoms with E-state index in [1.807, 2.05) is 0 Å². The second-order valence-electron chi connectivity index (χ2n) is 3.96. The molecule has 1 amide bonds. The number of nitrogens with zero attached hydrogens (tertiary/aromatic N) is 1. The molecule has 1 rings (SSSR count). The van der Waals surface area contributed by atoms with Gasteiger partial charge < -0.3 is 5.32 Å². The second-order valence-corrected chi connectivity index (χ2v) is 5.19. The van der Waals surface area contributed by atoms with Gasteiger partial charge in [0.05, 0.1) is 4.92 Å². The minimum absolute atomic E-state index is 0.179. The molecule has 5 nitrogen and oxygen atoms in total. The number of carbonyl (C=O) groups excluding carboxylic acids is 1. The third-order valence-electron chi connectivity index (χ3n) is 2.45. The lowest BCUT2D eigenvalue weighted by molar-refractivity contribution is -0.384. The first-order chi connectivity index (χ1) is 9.04. The zero-order valence-corrected chi connectivity index (χ0v) is 12.5. The van der Waals surface area contributed by atoms with Crippen LogP contribution >= 0.6 is 27.5 Å². The van der Waals surface area contributed by atoms with Crippen molar-refractivity contribution in [2.75, 3.05) is 11.9 Å². The summed E-state index contributed by atoms with van der Waals surface area (Å²) in [6.45, 7) is 0.548. The van der Waals surface area contributed by atoms with E-state index in [1.165, 1.54) is 18.2 Å². The van der Waals surface area contributed by atoms with E-state index in [0.717, 1.165) is 24.6 Å². The summed E-state index contributed by atoms with van der Waals surface area (Å²) < 4.78 is 0. The van der Waals surface area contributed by atoms with Crippen molar-refractivity contribution < 1.29 is 9.72 Å². The minimum Gasteiger partial charge on any atom is -0.352 e. The molecule has 0 heterocycles. The van der Waals surface area contributed by atoms with Gasteiger partial charge in [0.25, 0.3) is 11.6 Å². The zero-order chi connectivity index (χ0) is 14.3. The van der Waals surface area contributed by atoms with Crippen LogP contribution in [0.1, 0.15) is 29.6 Å². The second kappa shape index (κ2) is 8.12. The fourth-order valence-electron chi connectivity index (χ4n) is 1.51. The van der Waals surface area contributed by atoms with Gasteiger partial charge in [0.15, 0.2) is 0 Å². The summed E-state index contributed by atoms with van der Waals surface area (Å²) in [5, 5.41) is 14.5. The van der Waals surface area contributed by atoms with E-state index < -0.39 is 4.92 Å². The Morgan fingerprint density at radius 3 is 2.68 bits per heavy atom. The molecule has 0 aromatic heterocycles. The molecule has 1 aromatic carbocycles. The van der Waals surface area contributed by atoms with Crippen molar-refractivity contribution in [2.45, 2.75) is 19.3 Å². The van der Waals surface area contributed by atoms with Crippen molar-refractivity contribution in [3.63, 3.8) is 0 Å². The third-order valence-corrected chi connectivity index (χ3v) is 3.23. The quantitative estimate of drug-likeness (QED) is 0.354. The Morgan fingerprint density at radius 2 is 2.05 bits per heavy atom. The number of non-ortho nitro benzene ring substituents is 1. The number of nitro benzene ring substituents is 1. The lowest BCUT2D eigenvalue weighted by Gasteiger charge is -2.05. The highest BCUT2D eigenvalue weighted by molar-refractivity contribution is 9.09. The van der Waals surface area contributed by atoms with Gasteiger partial charge >= 0.3 is 0 Å². The van der Waals surface area contributed by atoms with E-state index in [2.05, 4.69) is 21.2 Å². The van der Waals surface area contributed by atoms with Gasteiger partial charge in [0.1, 0.15) is 0 Å². The molecule has 19 heavy (non-hydrogen) atoms. The molecule has 0 unspecified atom stereocenters.